The van der Waals surface area contributed by atoms with Gasteiger partial charge in [0.25, 0.3) is 5.56 Å². The summed E-state index contributed by atoms with van der Waals surface area (Å²) in [5, 5.41) is 0.534. The zero-order valence-corrected chi connectivity index (χ0v) is 7.30. The van der Waals surface area contributed by atoms with E-state index in [0.29, 0.717) is 16.4 Å². The number of hydrogen-bond acceptors (Lipinski definition) is 2. The fraction of sp³-hybridized carbons (Fsp3) is 0. The molecule has 0 unspecified atom stereocenters. The van der Waals surface area contributed by atoms with E-state index in [1.54, 1.807) is 18.2 Å². The molecule has 0 saturated carbocycles. The highest BCUT2D eigenvalue weighted by Crippen LogP contribution is 2.06. The highest BCUT2D eigenvalue weighted by atomic mass is 35.5. The highest BCUT2D eigenvalue weighted by Gasteiger charge is 2.00. The maximum Gasteiger partial charge on any atom is 0.259 e. The topological polar surface area (TPSA) is 45.8 Å². The van der Waals surface area contributed by atoms with Gasteiger partial charge in [0.1, 0.15) is 7.85 Å². The molecule has 2 aromatic rings. The first-order chi connectivity index (χ1) is 6.16. The molecule has 2 radical (unpaired) electrons. The molecule has 13 heavy (non-hydrogen) atoms. The first-order valence-corrected chi connectivity index (χ1v) is 3.99. The smallest absolute Gasteiger partial charge is 0.259 e. The Hall–Kier alpha value is -1.29. The molecule has 62 valence electrons. The summed E-state index contributed by atoms with van der Waals surface area (Å²) in [6.45, 7) is 0. The summed E-state index contributed by atoms with van der Waals surface area (Å²) >= 11 is 5.57. The van der Waals surface area contributed by atoms with Crippen molar-refractivity contribution in [2.24, 2.45) is 0 Å². The molecule has 1 heterocycles. The molecule has 0 aliphatic carbocycles. The van der Waals surface area contributed by atoms with Crippen LogP contribution >= 0.6 is 11.6 Å². The van der Waals surface area contributed by atoms with Gasteiger partial charge in [-0.1, -0.05) is 17.6 Å². The van der Waals surface area contributed by atoms with Crippen LogP contribution in [0.4, 0.5) is 0 Å². The van der Waals surface area contributed by atoms with Crippen molar-refractivity contribution in [1.29, 1.82) is 0 Å². The number of rotatable bonds is 0. The lowest BCUT2D eigenvalue weighted by molar-refractivity contribution is 1.17. The van der Waals surface area contributed by atoms with Crippen molar-refractivity contribution < 1.29 is 0 Å². The number of benzene rings is 1. The number of aromatic nitrogens is 2. The van der Waals surface area contributed by atoms with E-state index in [-0.39, 0.29) is 10.8 Å². The molecule has 0 aliphatic heterocycles. The maximum atomic E-state index is 11.3. The van der Waals surface area contributed by atoms with Gasteiger partial charge in [0.15, 0.2) is 0 Å². The van der Waals surface area contributed by atoms with E-state index in [4.69, 9.17) is 19.4 Å². The minimum absolute atomic E-state index is 0.0854. The van der Waals surface area contributed by atoms with E-state index in [1.807, 2.05) is 0 Å². The molecule has 0 aliphatic rings. The summed E-state index contributed by atoms with van der Waals surface area (Å²) in [6.07, 6.45) is 0. The number of nitrogens with one attached hydrogen (secondary N) is 1. The van der Waals surface area contributed by atoms with Gasteiger partial charge >= 0.3 is 0 Å². The average Bonchev–Trinajstić information content (AvgIpc) is 2.06. The monoisotopic (exact) mass is 190 g/mol. The van der Waals surface area contributed by atoms with Gasteiger partial charge in [-0.3, -0.25) is 9.78 Å². The SMILES string of the molecule is [B]c1ccc2nc(Cl)[nH]c(=O)c2c1. The van der Waals surface area contributed by atoms with E-state index in [9.17, 15) is 4.79 Å². The van der Waals surface area contributed by atoms with E-state index in [1.165, 1.54) is 0 Å². The number of fused-ring (bicyclic) bond motifs is 1. The van der Waals surface area contributed by atoms with Crippen molar-refractivity contribution in [2.45, 2.75) is 0 Å². The van der Waals surface area contributed by atoms with Crippen LogP contribution in [-0.4, -0.2) is 17.8 Å². The van der Waals surface area contributed by atoms with E-state index >= 15 is 0 Å². The zero-order valence-electron chi connectivity index (χ0n) is 6.54. The molecule has 0 bridgehead atoms. The molecule has 1 aromatic heterocycles. The minimum atomic E-state index is -0.276. The van der Waals surface area contributed by atoms with Crippen LogP contribution in [0.1, 0.15) is 0 Å². The van der Waals surface area contributed by atoms with E-state index < -0.39 is 0 Å². The predicted octanol–water partition coefficient (Wildman–Crippen LogP) is 0.370. The normalized spacial score (nSPS) is 10.5. The number of H-pyrrole nitrogens is 1. The average molecular weight is 190 g/mol. The summed E-state index contributed by atoms with van der Waals surface area (Å²) in [5.74, 6) is 0. The van der Waals surface area contributed by atoms with Gasteiger partial charge in [0, 0.05) is 0 Å². The van der Waals surface area contributed by atoms with E-state index in [2.05, 4.69) is 9.97 Å². The molecular weight excluding hydrogens is 186 g/mol. The molecule has 1 N–H and O–H groups in total. The van der Waals surface area contributed by atoms with Gasteiger partial charge in [-0.2, -0.15) is 0 Å². The summed E-state index contributed by atoms with van der Waals surface area (Å²) < 4.78 is 0. The van der Waals surface area contributed by atoms with Gasteiger partial charge in [0.2, 0.25) is 5.28 Å². The Morgan fingerprint density at radius 2 is 2.23 bits per heavy atom. The first-order valence-electron chi connectivity index (χ1n) is 3.62. The van der Waals surface area contributed by atoms with Crippen LogP contribution in [0.15, 0.2) is 23.0 Å². The molecule has 0 amide bonds. The van der Waals surface area contributed by atoms with E-state index in [0.717, 1.165) is 0 Å². The van der Waals surface area contributed by atoms with Gasteiger partial charge < -0.3 is 0 Å². The summed E-state index contributed by atoms with van der Waals surface area (Å²) in [6, 6.07) is 4.90. The second kappa shape index (κ2) is 2.89. The summed E-state index contributed by atoms with van der Waals surface area (Å²) in [5.41, 5.74) is 0.798. The Balaban J connectivity index is 2.95. The third kappa shape index (κ3) is 1.45. The minimum Gasteiger partial charge on any atom is -0.297 e. The predicted molar refractivity (Wildman–Crippen MR) is 52.8 cm³/mol. The van der Waals surface area contributed by atoms with Crippen LogP contribution in [0.2, 0.25) is 5.28 Å². The van der Waals surface area contributed by atoms with Crippen LogP contribution in [0.3, 0.4) is 0 Å². The van der Waals surface area contributed by atoms with Crippen LogP contribution in [-0.2, 0) is 0 Å². The van der Waals surface area contributed by atoms with Gasteiger partial charge in [-0.25, -0.2) is 4.98 Å². The van der Waals surface area contributed by atoms with Gasteiger partial charge in [0.05, 0.1) is 10.9 Å². The Morgan fingerprint density at radius 3 is 3.00 bits per heavy atom. The summed E-state index contributed by atoms with van der Waals surface area (Å²) in [4.78, 5) is 17.6. The van der Waals surface area contributed by atoms with Gasteiger partial charge in [-0.05, 0) is 17.7 Å². The van der Waals surface area contributed by atoms with Crippen molar-refractivity contribution in [3.63, 3.8) is 0 Å². The molecule has 0 fully saturated rings. The Kier molecular flexibility index (Phi) is 1.85. The molecule has 2 rings (SSSR count). The zero-order chi connectivity index (χ0) is 9.42. The molecule has 0 atom stereocenters. The Bertz CT molecular complexity index is 523. The Labute approximate surface area is 80.2 Å². The molecule has 0 spiro atoms. The van der Waals surface area contributed by atoms with Crippen molar-refractivity contribution in [2.75, 3.05) is 0 Å². The highest BCUT2D eigenvalue weighted by molar-refractivity contribution is 6.33. The third-order valence-corrected chi connectivity index (χ3v) is 1.88. The first kappa shape index (κ1) is 8.32. The summed E-state index contributed by atoms with van der Waals surface area (Å²) in [7, 11) is 5.52. The number of nitrogens with zero attached hydrogens (tertiary/aromatic N) is 1. The lowest BCUT2D eigenvalue weighted by Gasteiger charge is -1.97. The lowest BCUT2D eigenvalue weighted by Crippen LogP contribution is -2.11. The second-order valence-corrected chi connectivity index (χ2v) is 2.99. The van der Waals surface area contributed by atoms with Crippen LogP contribution in [0.5, 0.6) is 0 Å². The van der Waals surface area contributed by atoms with Crippen LogP contribution in [0.25, 0.3) is 10.9 Å². The Morgan fingerprint density at radius 1 is 1.46 bits per heavy atom. The third-order valence-electron chi connectivity index (χ3n) is 1.70. The molecule has 1 aromatic carbocycles. The quantitative estimate of drug-likeness (QED) is 0.482. The standard InChI is InChI=1S/C8H4BClN2O/c9-4-1-2-6-5(3-4)7(13)12-8(10)11-6/h1-3H,(H,11,12,13). The molecule has 3 nitrogen and oxygen atoms in total. The molecular formula is C8H4BClN2O. The number of halogens is 1. The second-order valence-electron chi connectivity index (χ2n) is 2.63. The molecule has 0 saturated heterocycles. The van der Waals surface area contributed by atoms with Crippen molar-refractivity contribution in [3.05, 3.63) is 33.8 Å². The largest absolute Gasteiger partial charge is 0.297 e. The van der Waals surface area contributed by atoms with Crippen molar-refractivity contribution >= 4 is 35.8 Å². The fourth-order valence-corrected chi connectivity index (χ4v) is 1.30. The lowest BCUT2D eigenvalue weighted by atomic mass is 9.95. The van der Waals surface area contributed by atoms with Crippen molar-refractivity contribution in [3.8, 4) is 0 Å². The van der Waals surface area contributed by atoms with Crippen LogP contribution in [0, 0.1) is 0 Å². The fourth-order valence-electron chi connectivity index (χ4n) is 1.13. The number of aromatic amines is 1. The van der Waals surface area contributed by atoms with Gasteiger partial charge in [-0.15, -0.1) is 0 Å². The molecule has 5 heteroatoms. The number of hydrogen-bond donors (Lipinski definition) is 1. The van der Waals surface area contributed by atoms with Crippen LogP contribution < -0.4 is 11.0 Å². The van der Waals surface area contributed by atoms with Crippen molar-refractivity contribution in [1.82, 2.24) is 9.97 Å². The maximum absolute atomic E-state index is 11.3.